The molecule has 0 aromatic heterocycles. The van der Waals surface area contributed by atoms with E-state index < -0.39 is 0 Å². The van der Waals surface area contributed by atoms with Crippen LogP contribution in [0.2, 0.25) is 0 Å². The molecule has 0 radical (unpaired) electrons. The van der Waals surface area contributed by atoms with Crippen molar-refractivity contribution in [2.75, 3.05) is 78.5 Å². The standard InChI is InChI=1S/C15H34N6/c1-2-15(20-11-7-16-3-4-17-8-12-20)21-13-9-18-5-6-19-10-14-21/h15-19H,2-14H2,1H3. The molecule has 0 unspecified atom stereocenters. The quantitative estimate of drug-likeness (QED) is 0.520. The summed E-state index contributed by atoms with van der Waals surface area (Å²) in [5.41, 5.74) is 0. The van der Waals surface area contributed by atoms with Crippen LogP contribution in [0.25, 0.3) is 0 Å². The zero-order valence-corrected chi connectivity index (χ0v) is 13.7. The van der Waals surface area contributed by atoms with Crippen LogP contribution in [0.4, 0.5) is 0 Å². The molecule has 6 nitrogen and oxygen atoms in total. The lowest BCUT2D eigenvalue weighted by Gasteiger charge is -2.39. The van der Waals surface area contributed by atoms with Crippen molar-refractivity contribution in [2.45, 2.75) is 19.5 Å². The lowest BCUT2D eigenvalue weighted by atomic mass is 10.2. The molecule has 124 valence electrons. The minimum atomic E-state index is 0.563. The molecular formula is C15H34N6. The Labute approximate surface area is 130 Å². The molecule has 2 saturated heterocycles. The third-order valence-electron chi connectivity index (χ3n) is 4.47. The Kier molecular flexibility index (Phi) is 8.54. The van der Waals surface area contributed by atoms with E-state index >= 15 is 0 Å². The zero-order valence-electron chi connectivity index (χ0n) is 13.7. The summed E-state index contributed by atoms with van der Waals surface area (Å²) in [5, 5.41) is 14.1. The van der Waals surface area contributed by atoms with Gasteiger partial charge in [0.15, 0.2) is 0 Å². The van der Waals surface area contributed by atoms with Crippen molar-refractivity contribution in [3.8, 4) is 0 Å². The van der Waals surface area contributed by atoms with E-state index in [1.54, 1.807) is 0 Å². The first-order valence-corrected chi connectivity index (χ1v) is 8.73. The van der Waals surface area contributed by atoms with Gasteiger partial charge in [-0.2, -0.15) is 0 Å². The van der Waals surface area contributed by atoms with E-state index in [9.17, 15) is 0 Å². The molecule has 0 aromatic rings. The Morgan fingerprint density at radius 2 is 0.952 bits per heavy atom. The third-order valence-corrected chi connectivity index (χ3v) is 4.47. The molecule has 2 aliphatic heterocycles. The van der Waals surface area contributed by atoms with Crippen LogP contribution in [0.3, 0.4) is 0 Å². The van der Waals surface area contributed by atoms with Crippen LogP contribution in [0.1, 0.15) is 13.3 Å². The monoisotopic (exact) mass is 298 g/mol. The molecule has 21 heavy (non-hydrogen) atoms. The predicted octanol–water partition coefficient (Wildman–Crippen LogP) is -1.29. The summed E-state index contributed by atoms with van der Waals surface area (Å²) >= 11 is 0. The van der Waals surface area contributed by atoms with E-state index in [4.69, 9.17) is 0 Å². The summed E-state index contributed by atoms with van der Waals surface area (Å²) in [4.78, 5) is 5.31. The Bertz CT molecular complexity index is 219. The summed E-state index contributed by atoms with van der Waals surface area (Å²) in [6.45, 7) is 15.7. The van der Waals surface area contributed by atoms with Crippen molar-refractivity contribution in [2.24, 2.45) is 0 Å². The van der Waals surface area contributed by atoms with Crippen LogP contribution in [0, 0.1) is 0 Å². The molecule has 4 N–H and O–H groups in total. The van der Waals surface area contributed by atoms with E-state index in [1.807, 2.05) is 0 Å². The highest BCUT2D eigenvalue weighted by Gasteiger charge is 2.23. The highest BCUT2D eigenvalue weighted by atomic mass is 15.4. The summed E-state index contributed by atoms with van der Waals surface area (Å²) in [6.07, 6.45) is 1.76. The zero-order chi connectivity index (χ0) is 14.8. The fraction of sp³-hybridized carbons (Fsp3) is 1.00. The molecule has 0 bridgehead atoms. The van der Waals surface area contributed by atoms with Gasteiger partial charge < -0.3 is 21.3 Å². The SMILES string of the molecule is CCC(N1CCNCCNCC1)N1CCNCCNCC1. The van der Waals surface area contributed by atoms with Gasteiger partial charge >= 0.3 is 0 Å². The molecule has 0 saturated carbocycles. The van der Waals surface area contributed by atoms with Crippen LogP contribution in [-0.4, -0.2) is 94.5 Å². The molecule has 2 heterocycles. The van der Waals surface area contributed by atoms with Crippen molar-refractivity contribution in [1.29, 1.82) is 0 Å². The van der Waals surface area contributed by atoms with Crippen LogP contribution in [0.5, 0.6) is 0 Å². The molecule has 6 heteroatoms. The first-order valence-electron chi connectivity index (χ1n) is 8.73. The van der Waals surface area contributed by atoms with Gasteiger partial charge in [-0.15, -0.1) is 0 Å². The molecule has 0 spiro atoms. The highest BCUT2D eigenvalue weighted by molar-refractivity contribution is 4.77. The summed E-state index contributed by atoms with van der Waals surface area (Å²) in [5.74, 6) is 0. The second-order valence-corrected chi connectivity index (χ2v) is 5.96. The number of nitrogens with one attached hydrogen (secondary N) is 4. The largest absolute Gasteiger partial charge is 0.314 e. The average molecular weight is 298 g/mol. The van der Waals surface area contributed by atoms with Crippen molar-refractivity contribution < 1.29 is 0 Å². The molecule has 2 fully saturated rings. The summed E-state index contributed by atoms with van der Waals surface area (Å²) < 4.78 is 0. The molecule has 2 rings (SSSR count). The lowest BCUT2D eigenvalue weighted by Crippen LogP contribution is -2.53. The lowest BCUT2D eigenvalue weighted by molar-refractivity contribution is 0.0434. The van der Waals surface area contributed by atoms with E-state index in [-0.39, 0.29) is 0 Å². The first-order chi connectivity index (χ1) is 10.4. The van der Waals surface area contributed by atoms with E-state index in [0.29, 0.717) is 6.17 Å². The van der Waals surface area contributed by atoms with Gasteiger partial charge in [0.1, 0.15) is 0 Å². The Morgan fingerprint density at radius 1 is 0.619 bits per heavy atom. The topological polar surface area (TPSA) is 54.6 Å². The summed E-state index contributed by atoms with van der Waals surface area (Å²) in [6, 6.07) is 0. The van der Waals surface area contributed by atoms with Crippen molar-refractivity contribution in [3.63, 3.8) is 0 Å². The maximum Gasteiger partial charge on any atom is 0.0621 e. The van der Waals surface area contributed by atoms with Crippen molar-refractivity contribution >= 4 is 0 Å². The van der Waals surface area contributed by atoms with Crippen molar-refractivity contribution in [1.82, 2.24) is 31.1 Å². The molecule has 2 aliphatic rings. The average Bonchev–Trinajstić information content (AvgIpc) is 2.72. The minimum Gasteiger partial charge on any atom is -0.314 e. The molecule has 0 amide bonds. The van der Waals surface area contributed by atoms with Gasteiger partial charge in [-0.1, -0.05) is 6.92 Å². The fourth-order valence-electron chi connectivity index (χ4n) is 3.31. The maximum atomic E-state index is 3.52. The van der Waals surface area contributed by atoms with Crippen LogP contribution >= 0.6 is 0 Å². The van der Waals surface area contributed by atoms with E-state index in [1.165, 1.54) is 6.42 Å². The second kappa shape index (κ2) is 10.5. The first kappa shape index (κ1) is 17.1. The van der Waals surface area contributed by atoms with Crippen LogP contribution in [-0.2, 0) is 0 Å². The van der Waals surface area contributed by atoms with Gasteiger partial charge in [0.05, 0.1) is 6.17 Å². The van der Waals surface area contributed by atoms with Gasteiger partial charge in [-0.05, 0) is 6.42 Å². The number of hydrogen-bond donors (Lipinski definition) is 4. The van der Waals surface area contributed by atoms with Gasteiger partial charge in [0, 0.05) is 78.5 Å². The van der Waals surface area contributed by atoms with Gasteiger partial charge in [-0.3, -0.25) is 9.80 Å². The number of nitrogens with zero attached hydrogens (tertiary/aromatic N) is 2. The Hall–Kier alpha value is -0.240. The molecule has 0 aromatic carbocycles. The van der Waals surface area contributed by atoms with E-state index in [0.717, 1.165) is 78.5 Å². The van der Waals surface area contributed by atoms with Crippen LogP contribution < -0.4 is 21.3 Å². The van der Waals surface area contributed by atoms with Gasteiger partial charge in [0.2, 0.25) is 0 Å². The number of hydrogen-bond acceptors (Lipinski definition) is 6. The summed E-state index contributed by atoms with van der Waals surface area (Å²) in [7, 11) is 0. The normalized spacial score (nSPS) is 25.4. The predicted molar refractivity (Wildman–Crippen MR) is 88.7 cm³/mol. The van der Waals surface area contributed by atoms with Crippen LogP contribution in [0.15, 0.2) is 0 Å². The molecule has 0 atom stereocenters. The second-order valence-electron chi connectivity index (χ2n) is 5.96. The van der Waals surface area contributed by atoms with E-state index in [2.05, 4.69) is 38.0 Å². The maximum absolute atomic E-state index is 3.52. The minimum absolute atomic E-state index is 0.563. The smallest absolute Gasteiger partial charge is 0.0621 e. The number of rotatable bonds is 3. The fourth-order valence-corrected chi connectivity index (χ4v) is 3.31. The van der Waals surface area contributed by atoms with Crippen molar-refractivity contribution in [3.05, 3.63) is 0 Å². The third kappa shape index (κ3) is 6.18. The Balaban J connectivity index is 1.93. The Morgan fingerprint density at radius 3 is 1.24 bits per heavy atom. The molecule has 0 aliphatic carbocycles. The highest BCUT2D eigenvalue weighted by Crippen LogP contribution is 2.10. The van der Waals surface area contributed by atoms with Gasteiger partial charge in [0.25, 0.3) is 0 Å². The molecular weight excluding hydrogens is 264 g/mol. The van der Waals surface area contributed by atoms with Gasteiger partial charge in [-0.25, -0.2) is 0 Å².